The van der Waals surface area contributed by atoms with Gasteiger partial charge in [0.05, 0.1) is 0 Å². The molecule has 90 valence electrons. The third-order valence-electron chi connectivity index (χ3n) is 1.95. The van der Waals surface area contributed by atoms with Gasteiger partial charge in [-0.2, -0.15) is 0 Å². The second-order valence-corrected chi connectivity index (χ2v) is 3.49. The molecule has 0 radical (unpaired) electrons. The minimum absolute atomic E-state index is 0.180. The van der Waals surface area contributed by atoms with Crippen molar-refractivity contribution < 1.29 is 24.9 Å². The molecule has 0 saturated carbocycles. The Balaban J connectivity index is 3.41. The molecule has 0 amide bonds. The van der Waals surface area contributed by atoms with Crippen molar-refractivity contribution in [3.05, 3.63) is 0 Å². The van der Waals surface area contributed by atoms with E-state index in [0.29, 0.717) is 6.42 Å². The Morgan fingerprint density at radius 3 is 2.33 bits per heavy atom. The van der Waals surface area contributed by atoms with E-state index < -0.39 is 18.4 Å². The van der Waals surface area contributed by atoms with Crippen LogP contribution in [0.15, 0.2) is 0 Å². The first-order chi connectivity index (χ1) is 7.07. The summed E-state index contributed by atoms with van der Waals surface area (Å²) in [6.45, 7) is 1.47. The van der Waals surface area contributed by atoms with Gasteiger partial charge in [-0.25, -0.2) is 4.79 Å². The summed E-state index contributed by atoms with van der Waals surface area (Å²) >= 11 is 0. The van der Waals surface area contributed by atoms with Crippen LogP contribution in [0.5, 0.6) is 0 Å². The maximum Gasteiger partial charge on any atom is 0.336 e. The summed E-state index contributed by atoms with van der Waals surface area (Å²) in [5.74, 6) is -0.808. The average Bonchev–Trinajstić information content (AvgIpc) is 2.17. The first-order valence-corrected chi connectivity index (χ1v) is 5.25. The summed E-state index contributed by atoms with van der Waals surface area (Å²) in [5.41, 5.74) is 0. The normalized spacial score (nSPS) is 14.7. The van der Waals surface area contributed by atoms with Crippen LogP contribution in [-0.2, 0) is 9.53 Å². The molecule has 0 rings (SSSR count). The van der Waals surface area contributed by atoms with Gasteiger partial charge in [-0.05, 0) is 19.8 Å². The lowest BCUT2D eigenvalue weighted by molar-refractivity contribution is -0.177. The van der Waals surface area contributed by atoms with Gasteiger partial charge in [0.1, 0.15) is 6.10 Å². The van der Waals surface area contributed by atoms with Crippen LogP contribution in [0.2, 0.25) is 0 Å². The van der Waals surface area contributed by atoms with Gasteiger partial charge in [-0.15, -0.1) is 0 Å². The molecule has 2 unspecified atom stereocenters. The van der Waals surface area contributed by atoms with Crippen molar-refractivity contribution in [2.24, 2.45) is 0 Å². The van der Waals surface area contributed by atoms with E-state index in [0.717, 1.165) is 25.7 Å². The number of carbonyl (C=O) groups is 1. The number of aliphatic hydroxyl groups excluding tert-OH is 3. The molecule has 0 aromatic rings. The molecule has 3 N–H and O–H groups in total. The van der Waals surface area contributed by atoms with Crippen molar-refractivity contribution >= 4 is 5.97 Å². The van der Waals surface area contributed by atoms with E-state index in [9.17, 15) is 9.90 Å². The fraction of sp³-hybridized carbons (Fsp3) is 0.900. The summed E-state index contributed by atoms with van der Waals surface area (Å²) in [5, 5.41) is 26.5. The van der Waals surface area contributed by atoms with E-state index >= 15 is 0 Å². The largest absolute Gasteiger partial charge is 0.434 e. The van der Waals surface area contributed by atoms with E-state index in [4.69, 9.17) is 10.2 Å². The predicted octanol–water partition coefficient (Wildman–Crippen LogP) is 0.172. The Hall–Kier alpha value is -0.650. The SMILES string of the molecule is CC(O)C(=O)OC(O)CCCCCCO. The lowest BCUT2D eigenvalue weighted by Crippen LogP contribution is -2.25. The van der Waals surface area contributed by atoms with Crippen molar-refractivity contribution in [1.29, 1.82) is 0 Å². The molecule has 0 aromatic heterocycles. The van der Waals surface area contributed by atoms with Crippen molar-refractivity contribution in [2.75, 3.05) is 6.61 Å². The molecule has 5 heteroatoms. The number of rotatable bonds is 8. The summed E-state index contributed by atoms with van der Waals surface area (Å²) in [6.07, 6.45) is 1.29. The maximum absolute atomic E-state index is 10.8. The van der Waals surface area contributed by atoms with Gasteiger partial charge in [0.15, 0.2) is 0 Å². The third kappa shape index (κ3) is 8.35. The van der Waals surface area contributed by atoms with Gasteiger partial charge in [-0.1, -0.05) is 12.8 Å². The van der Waals surface area contributed by atoms with Crippen molar-refractivity contribution in [2.45, 2.75) is 51.4 Å². The van der Waals surface area contributed by atoms with E-state index in [-0.39, 0.29) is 6.61 Å². The summed E-state index contributed by atoms with van der Waals surface area (Å²) in [6, 6.07) is 0. The Bertz CT molecular complexity index is 169. The molecule has 0 spiro atoms. The topological polar surface area (TPSA) is 87.0 Å². The fourth-order valence-electron chi connectivity index (χ4n) is 1.08. The highest BCUT2D eigenvalue weighted by atomic mass is 16.6. The zero-order chi connectivity index (χ0) is 11.7. The molecule has 0 fully saturated rings. The molecule has 5 nitrogen and oxygen atoms in total. The molecule has 0 aliphatic rings. The lowest BCUT2D eigenvalue weighted by Gasteiger charge is -2.12. The van der Waals surface area contributed by atoms with Crippen LogP contribution in [0, 0.1) is 0 Å². The van der Waals surface area contributed by atoms with E-state index in [2.05, 4.69) is 4.74 Å². The van der Waals surface area contributed by atoms with Gasteiger partial charge in [-0.3, -0.25) is 0 Å². The summed E-state index contributed by atoms with van der Waals surface area (Å²) in [7, 11) is 0. The van der Waals surface area contributed by atoms with Crippen molar-refractivity contribution in [1.82, 2.24) is 0 Å². The standard InChI is InChI=1S/C10H20O5/c1-8(12)10(14)15-9(13)6-4-2-3-5-7-11/h8-9,11-13H,2-7H2,1H3. The molecule has 0 heterocycles. The summed E-state index contributed by atoms with van der Waals surface area (Å²) < 4.78 is 4.54. The molecule has 2 atom stereocenters. The number of hydrogen-bond donors (Lipinski definition) is 3. The zero-order valence-electron chi connectivity index (χ0n) is 9.06. The Morgan fingerprint density at radius 2 is 1.80 bits per heavy atom. The maximum atomic E-state index is 10.8. The van der Waals surface area contributed by atoms with Crippen LogP contribution in [0.4, 0.5) is 0 Å². The number of ether oxygens (including phenoxy) is 1. The van der Waals surface area contributed by atoms with Crippen LogP contribution in [0.3, 0.4) is 0 Å². The smallest absolute Gasteiger partial charge is 0.336 e. The van der Waals surface area contributed by atoms with Crippen LogP contribution in [-0.4, -0.2) is 40.3 Å². The van der Waals surface area contributed by atoms with Crippen molar-refractivity contribution in [3.63, 3.8) is 0 Å². The lowest BCUT2D eigenvalue weighted by atomic mass is 10.1. The zero-order valence-corrected chi connectivity index (χ0v) is 9.06. The number of hydrogen-bond acceptors (Lipinski definition) is 5. The molecule has 0 aliphatic carbocycles. The highest BCUT2D eigenvalue weighted by Crippen LogP contribution is 2.07. The number of esters is 1. The minimum Gasteiger partial charge on any atom is -0.434 e. The third-order valence-corrected chi connectivity index (χ3v) is 1.95. The van der Waals surface area contributed by atoms with E-state index in [1.165, 1.54) is 6.92 Å². The number of unbranched alkanes of at least 4 members (excludes halogenated alkanes) is 3. The first-order valence-electron chi connectivity index (χ1n) is 5.25. The molecule has 0 aliphatic heterocycles. The highest BCUT2D eigenvalue weighted by molar-refractivity contribution is 5.73. The molecule has 0 saturated heterocycles. The van der Waals surface area contributed by atoms with E-state index in [1.54, 1.807) is 0 Å². The second-order valence-electron chi connectivity index (χ2n) is 3.49. The molecular formula is C10H20O5. The van der Waals surface area contributed by atoms with Gasteiger partial charge in [0, 0.05) is 13.0 Å². The highest BCUT2D eigenvalue weighted by Gasteiger charge is 2.15. The quantitative estimate of drug-likeness (QED) is 0.308. The monoisotopic (exact) mass is 220 g/mol. The number of carbonyl (C=O) groups excluding carboxylic acids is 1. The molecule has 0 aromatic carbocycles. The Labute approximate surface area is 89.7 Å². The van der Waals surface area contributed by atoms with Gasteiger partial charge in [0.2, 0.25) is 6.29 Å². The van der Waals surface area contributed by atoms with Crippen LogP contribution in [0.1, 0.15) is 39.0 Å². The van der Waals surface area contributed by atoms with Crippen LogP contribution in [0.25, 0.3) is 0 Å². The van der Waals surface area contributed by atoms with E-state index in [1.807, 2.05) is 0 Å². The van der Waals surface area contributed by atoms with Gasteiger partial charge < -0.3 is 20.1 Å². The molecule has 0 bridgehead atoms. The Kier molecular flexibility index (Phi) is 8.27. The number of aliphatic hydroxyl groups is 3. The first kappa shape index (κ1) is 14.3. The van der Waals surface area contributed by atoms with Gasteiger partial charge >= 0.3 is 5.97 Å². The van der Waals surface area contributed by atoms with Crippen LogP contribution < -0.4 is 0 Å². The molecule has 15 heavy (non-hydrogen) atoms. The molecular weight excluding hydrogens is 200 g/mol. The average molecular weight is 220 g/mol. The fourth-order valence-corrected chi connectivity index (χ4v) is 1.08. The van der Waals surface area contributed by atoms with Gasteiger partial charge in [0.25, 0.3) is 0 Å². The predicted molar refractivity (Wildman–Crippen MR) is 54.0 cm³/mol. The Morgan fingerprint density at radius 1 is 1.20 bits per heavy atom. The van der Waals surface area contributed by atoms with Crippen molar-refractivity contribution in [3.8, 4) is 0 Å². The van der Waals surface area contributed by atoms with Crippen LogP contribution >= 0.6 is 0 Å². The second kappa shape index (κ2) is 8.64. The minimum atomic E-state index is -1.20. The summed E-state index contributed by atoms with van der Waals surface area (Å²) in [4.78, 5) is 10.8.